The maximum absolute atomic E-state index is 13.2. The maximum atomic E-state index is 13.2. The summed E-state index contributed by atoms with van der Waals surface area (Å²) < 4.78 is 13.2. The summed E-state index contributed by atoms with van der Waals surface area (Å²) in [5.74, 6) is -0.758. The monoisotopic (exact) mass is 349 g/mol. The highest BCUT2D eigenvalue weighted by atomic mass is 35.5. The molecule has 3 N–H and O–H groups in total. The molecule has 0 spiro atoms. The molecule has 24 heavy (non-hydrogen) atoms. The van der Waals surface area contributed by atoms with E-state index in [0.717, 1.165) is 0 Å². The molecule has 0 saturated carbocycles. The summed E-state index contributed by atoms with van der Waals surface area (Å²) in [6.07, 6.45) is 1.79. The van der Waals surface area contributed by atoms with Crippen LogP contribution in [0.2, 0.25) is 5.02 Å². The second-order valence-electron chi connectivity index (χ2n) is 5.05. The van der Waals surface area contributed by atoms with Crippen LogP contribution in [0.1, 0.15) is 18.9 Å². The first-order valence-electron chi connectivity index (χ1n) is 7.33. The molecule has 0 fully saturated rings. The summed E-state index contributed by atoms with van der Waals surface area (Å²) >= 11 is 5.83. The summed E-state index contributed by atoms with van der Waals surface area (Å²) in [5.41, 5.74) is 3.27. The Hall–Kier alpha value is -2.60. The van der Waals surface area contributed by atoms with Gasteiger partial charge in [-0.25, -0.2) is 9.82 Å². The van der Waals surface area contributed by atoms with E-state index in [4.69, 9.17) is 11.6 Å². The van der Waals surface area contributed by atoms with E-state index in [9.17, 15) is 14.3 Å². The van der Waals surface area contributed by atoms with Crippen molar-refractivity contribution in [3.8, 4) is 5.75 Å². The number of hydrazone groups is 1. The predicted octanol–water partition coefficient (Wildman–Crippen LogP) is 3.53. The van der Waals surface area contributed by atoms with E-state index in [1.165, 1.54) is 30.5 Å². The van der Waals surface area contributed by atoms with E-state index >= 15 is 0 Å². The number of halogens is 2. The van der Waals surface area contributed by atoms with Crippen molar-refractivity contribution < 1.29 is 14.3 Å². The van der Waals surface area contributed by atoms with Gasteiger partial charge in [0.25, 0.3) is 5.91 Å². The molecule has 0 aliphatic heterocycles. The van der Waals surface area contributed by atoms with Crippen LogP contribution in [0, 0.1) is 5.82 Å². The number of amides is 1. The molecular formula is C17H17ClFN3O2. The van der Waals surface area contributed by atoms with Crippen LogP contribution in [0.3, 0.4) is 0 Å². The Morgan fingerprint density at radius 1 is 1.38 bits per heavy atom. The number of carbonyl (C=O) groups is 1. The number of rotatable bonds is 6. The molecule has 0 saturated heterocycles. The molecule has 1 atom stereocenters. The predicted molar refractivity (Wildman–Crippen MR) is 93.0 cm³/mol. The van der Waals surface area contributed by atoms with Gasteiger partial charge >= 0.3 is 0 Å². The zero-order valence-electron chi connectivity index (χ0n) is 13.0. The molecule has 1 amide bonds. The average molecular weight is 350 g/mol. The molecule has 7 heteroatoms. The van der Waals surface area contributed by atoms with Gasteiger partial charge in [-0.3, -0.25) is 4.79 Å². The van der Waals surface area contributed by atoms with Gasteiger partial charge in [-0.15, -0.1) is 0 Å². The molecule has 0 heterocycles. The molecule has 0 aliphatic carbocycles. The number of nitrogens with one attached hydrogen (secondary N) is 2. The van der Waals surface area contributed by atoms with Crippen LogP contribution in [0.5, 0.6) is 5.75 Å². The fourth-order valence-corrected chi connectivity index (χ4v) is 2.19. The number of nitrogens with zero attached hydrogens (tertiary/aromatic N) is 1. The van der Waals surface area contributed by atoms with E-state index in [0.29, 0.717) is 22.7 Å². The van der Waals surface area contributed by atoms with Crippen LogP contribution in [0.25, 0.3) is 0 Å². The third-order valence-corrected chi connectivity index (χ3v) is 3.49. The van der Waals surface area contributed by atoms with E-state index in [1.54, 1.807) is 18.2 Å². The molecule has 0 radical (unpaired) electrons. The van der Waals surface area contributed by atoms with Crippen LogP contribution >= 0.6 is 11.6 Å². The SMILES string of the molecule is CCC(Nc1cccc(F)c1)C(=O)NN=Cc1cc(Cl)ccc1O. The first-order chi connectivity index (χ1) is 11.5. The Morgan fingerprint density at radius 2 is 2.17 bits per heavy atom. The van der Waals surface area contributed by atoms with E-state index < -0.39 is 6.04 Å². The minimum absolute atomic E-state index is 0.00215. The fourth-order valence-electron chi connectivity index (χ4n) is 2.00. The second-order valence-corrected chi connectivity index (χ2v) is 5.49. The first kappa shape index (κ1) is 17.7. The van der Waals surface area contributed by atoms with Crippen LogP contribution < -0.4 is 10.7 Å². The van der Waals surface area contributed by atoms with Crippen molar-refractivity contribution in [3.63, 3.8) is 0 Å². The lowest BCUT2D eigenvalue weighted by Gasteiger charge is -2.16. The Balaban J connectivity index is 1.99. The fraction of sp³-hybridized carbons (Fsp3) is 0.176. The number of phenols is 1. The molecule has 5 nitrogen and oxygen atoms in total. The van der Waals surface area contributed by atoms with Gasteiger partial charge in [-0.2, -0.15) is 5.10 Å². The van der Waals surface area contributed by atoms with Crippen molar-refractivity contribution in [1.29, 1.82) is 0 Å². The van der Waals surface area contributed by atoms with Crippen molar-refractivity contribution in [1.82, 2.24) is 5.43 Å². The molecule has 0 aromatic heterocycles. The van der Waals surface area contributed by atoms with Crippen LogP contribution in [-0.4, -0.2) is 23.3 Å². The third-order valence-electron chi connectivity index (χ3n) is 3.26. The average Bonchev–Trinajstić information content (AvgIpc) is 2.55. The lowest BCUT2D eigenvalue weighted by atomic mass is 10.2. The summed E-state index contributed by atoms with van der Waals surface area (Å²) in [6.45, 7) is 1.82. The van der Waals surface area contributed by atoms with Crippen molar-refractivity contribution in [2.45, 2.75) is 19.4 Å². The van der Waals surface area contributed by atoms with Crippen LogP contribution in [0.15, 0.2) is 47.6 Å². The number of benzene rings is 2. The van der Waals surface area contributed by atoms with Crippen LogP contribution in [-0.2, 0) is 4.79 Å². The molecule has 1 unspecified atom stereocenters. The molecule has 126 valence electrons. The van der Waals surface area contributed by atoms with Gasteiger partial charge in [-0.1, -0.05) is 24.6 Å². The zero-order chi connectivity index (χ0) is 17.5. The van der Waals surface area contributed by atoms with Crippen molar-refractivity contribution in [2.24, 2.45) is 5.10 Å². The van der Waals surface area contributed by atoms with E-state index in [-0.39, 0.29) is 17.5 Å². The second kappa shape index (κ2) is 8.31. The Labute approximate surface area is 144 Å². The Morgan fingerprint density at radius 3 is 2.88 bits per heavy atom. The first-order valence-corrected chi connectivity index (χ1v) is 7.71. The normalized spacial score (nSPS) is 12.1. The zero-order valence-corrected chi connectivity index (χ0v) is 13.7. The largest absolute Gasteiger partial charge is 0.507 e. The molecule has 2 rings (SSSR count). The molecular weight excluding hydrogens is 333 g/mol. The van der Waals surface area contributed by atoms with Gasteiger partial charge in [0.05, 0.1) is 6.21 Å². The van der Waals surface area contributed by atoms with Crippen LogP contribution in [0.4, 0.5) is 10.1 Å². The molecule has 2 aromatic carbocycles. The minimum atomic E-state index is -0.572. The van der Waals surface area contributed by atoms with Crippen molar-refractivity contribution in [3.05, 3.63) is 58.9 Å². The smallest absolute Gasteiger partial charge is 0.262 e. The summed E-state index contributed by atoms with van der Waals surface area (Å²) in [7, 11) is 0. The molecule has 0 aliphatic rings. The summed E-state index contributed by atoms with van der Waals surface area (Å²) in [5, 5.41) is 16.9. The highest BCUT2D eigenvalue weighted by Gasteiger charge is 2.15. The van der Waals surface area contributed by atoms with E-state index in [1.807, 2.05) is 6.92 Å². The standard InChI is InChI=1S/C17H17ClFN3O2/c1-2-15(21-14-5-3-4-13(19)9-14)17(24)22-20-10-11-8-12(18)6-7-16(11)23/h3-10,15,21,23H,2H2,1H3,(H,22,24). The molecule has 2 aromatic rings. The lowest BCUT2D eigenvalue weighted by Crippen LogP contribution is -2.36. The quantitative estimate of drug-likeness (QED) is 0.551. The van der Waals surface area contributed by atoms with Gasteiger partial charge in [0.2, 0.25) is 0 Å². The number of phenolic OH excluding ortho intramolecular Hbond substituents is 1. The Kier molecular flexibility index (Phi) is 6.14. The van der Waals surface area contributed by atoms with Crippen molar-refractivity contribution in [2.75, 3.05) is 5.32 Å². The number of anilines is 1. The number of carbonyl (C=O) groups excluding carboxylic acids is 1. The van der Waals surface area contributed by atoms with Gasteiger partial charge in [0, 0.05) is 16.3 Å². The van der Waals surface area contributed by atoms with Gasteiger partial charge in [0.1, 0.15) is 17.6 Å². The molecule has 0 bridgehead atoms. The van der Waals surface area contributed by atoms with E-state index in [2.05, 4.69) is 15.8 Å². The summed E-state index contributed by atoms with van der Waals surface area (Å²) in [4.78, 5) is 12.1. The number of hydrogen-bond acceptors (Lipinski definition) is 4. The van der Waals surface area contributed by atoms with Gasteiger partial charge < -0.3 is 10.4 Å². The topological polar surface area (TPSA) is 73.7 Å². The maximum Gasteiger partial charge on any atom is 0.262 e. The highest BCUT2D eigenvalue weighted by Crippen LogP contribution is 2.19. The lowest BCUT2D eigenvalue weighted by molar-refractivity contribution is -0.121. The Bertz CT molecular complexity index is 752. The van der Waals surface area contributed by atoms with Gasteiger partial charge in [-0.05, 0) is 42.8 Å². The van der Waals surface area contributed by atoms with Gasteiger partial charge in [0.15, 0.2) is 0 Å². The van der Waals surface area contributed by atoms with Crippen molar-refractivity contribution >= 4 is 29.4 Å². The minimum Gasteiger partial charge on any atom is -0.507 e. The highest BCUT2D eigenvalue weighted by molar-refractivity contribution is 6.30. The summed E-state index contributed by atoms with van der Waals surface area (Å²) in [6, 6.07) is 9.80. The number of hydrogen-bond donors (Lipinski definition) is 3. The number of aromatic hydroxyl groups is 1. The third kappa shape index (κ3) is 4.96.